The molecule has 3 nitrogen and oxygen atoms in total. The van der Waals surface area contributed by atoms with Crippen molar-refractivity contribution in [3.05, 3.63) is 0 Å². The first-order chi connectivity index (χ1) is 9.57. The molecule has 1 aliphatic rings. The number of rotatable bonds is 8. The minimum atomic E-state index is -5.53. The molecule has 9 heteroatoms. The molecule has 0 aromatic carbocycles. The van der Waals surface area contributed by atoms with Crippen molar-refractivity contribution in [2.24, 2.45) is 5.92 Å². The van der Waals surface area contributed by atoms with Crippen molar-refractivity contribution in [2.45, 2.75) is 50.2 Å². The number of nitrogens with one attached hydrogen (secondary N) is 1. The number of alkyl halides is 6. The number of hydrogen-bond acceptors (Lipinski definition) is 3. The van der Waals surface area contributed by atoms with Gasteiger partial charge in [0.05, 0.1) is 18.8 Å². The first kappa shape index (κ1) is 18.5. The van der Waals surface area contributed by atoms with Crippen LogP contribution in [0.2, 0.25) is 0 Å². The third-order valence-electron chi connectivity index (χ3n) is 3.47. The lowest BCUT2D eigenvalue weighted by atomic mass is 9.95. The molecule has 2 N–H and O–H groups in total. The van der Waals surface area contributed by atoms with Crippen LogP contribution in [-0.2, 0) is 4.74 Å². The van der Waals surface area contributed by atoms with E-state index in [2.05, 4.69) is 10.1 Å². The summed E-state index contributed by atoms with van der Waals surface area (Å²) in [6.45, 7) is 0.776. The van der Waals surface area contributed by atoms with Gasteiger partial charge in [0.15, 0.2) is 0 Å². The van der Waals surface area contributed by atoms with Gasteiger partial charge < -0.3 is 15.2 Å². The van der Waals surface area contributed by atoms with Crippen LogP contribution in [0.25, 0.3) is 0 Å². The summed E-state index contributed by atoms with van der Waals surface area (Å²) >= 11 is 0. The van der Waals surface area contributed by atoms with Crippen LogP contribution in [0, 0.1) is 5.92 Å². The zero-order valence-corrected chi connectivity index (χ0v) is 11.5. The van der Waals surface area contributed by atoms with Crippen LogP contribution in [0.5, 0.6) is 0 Å². The average Bonchev–Trinajstić information content (AvgIpc) is 3.15. The summed E-state index contributed by atoms with van der Waals surface area (Å²) in [5.74, 6) is -0.170. The monoisotopic (exact) mass is 323 g/mol. The molecule has 0 radical (unpaired) electrons. The highest BCUT2D eigenvalue weighted by molar-refractivity contribution is 5.01. The largest absolute Gasteiger partial charge is 0.423 e. The lowest BCUT2D eigenvalue weighted by Crippen LogP contribution is -2.57. The molecular weight excluding hydrogens is 304 g/mol. The molecule has 0 heterocycles. The second-order valence-electron chi connectivity index (χ2n) is 5.29. The van der Waals surface area contributed by atoms with Gasteiger partial charge in [-0.2, -0.15) is 26.3 Å². The number of aliphatic hydroxyl groups is 1. The summed E-state index contributed by atoms with van der Waals surface area (Å²) in [6.07, 6.45) is -13.0. The Balaban J connectivity index is 2.78. The molecule has 1 atom stereocenters. The van der Waals surface area contributed by atoms with Crippen molar-refractivity contribution < 1.29 is 36.2 Å². The zero-order chi connectivity index (χ0) is 16.3. The Morgan fingerprint density at radius 3 is 2.00 bits per heavy atom. The van der Waals surface area contributed by atoms with Crippen LogP contribution >= 0.6 is 0 Å². The van der Waals surface area contributed by atoms with E-state index < -0.39 is 37.2 Å². The van der Waals surface area contributed by atoms with Crippen molar-refractivity contribution in [1.29, 1.82) is 0 Å². The highest BCUT2D eigenvalue weighted by Crippen LogP contribution is 2.42. The molecule has 1 rings (SSSR count). The van der Waals surface area contributed by atoms with Crippen LogP contribution in [0.3, 0.4) is 0 Å². The first-order valence-electron chi connectivity index (χ1n) is 6.67. The molecule has 0 bridgehead atoms. The highest BCUT2D eigenvalue weighted by atomic mass is 19.4. The van der Waals surface area contributed by atoms with Crippen molar-refractivity contribution in [1.82, 2.24) is 5.32 Å². The van der Waals surface area contributed by atoms with Crippen molar-refractivity contribution >= 4 is 0 Å². The van der Waals surface area contributed by atoms with Crippen LogP contribution < -0.4 is 5.32 Å². The van der Waals surface area contributed by atoms with Crippen LogP contribution in [0.15, 0.2) is 0 Å². The first-order valence-corrected chi connectivity index (χ1v) is 6.67. The Morgan fingerprint density at radius 1 is 1.14 bits per heavy atom. The Hall–Kier alpha value is -0.540. The van der Waals surface area contributed by atoms with Gasteiger partial charge in [-0.15, -0.1) is 0 Å². The summed E-state index contributed by atoms with van der Waals surface area (Å²) in [7, 11) is 0. The van der Waals surface area contributed by atoms with E-state index in [-0.39, 0.29) is 5.92 Å². The zero-order valence-electron chi connectivity index (χ0n) is 11.5. The minimum absolute atomic E-state index is 0.170. The fraction of sp³-hybridized carbons (Fsp3) is 1.00. The normalized spacial score (nSPS) is 19.9. The maximum atomic E-state index is 12.4. The molecule has 1 fully saturated rings. The molecule has 126 valence electrons. The lowest BCUT2D eigenvalue weighted by Gasteiger charge is -2.35. The molecule has 0 amide bonds. The van der Waals surface area contributed by atoms with Gasteiger partial charge in [0.2, 0.25) is 6.10 Å². The quantitative estimate of drug-likeness (QED) is 0.675. The summed E-state index contributed by atoms with van der Waals surface area (Å²) in [4.78, 5) is 0. The maximum absolute atomic E-state index is 12.4. The van der Waals surface area contributed by atoms with Gasteiger partial charge >= 0.3 is 12.4 Å². The van der Waals surface area contributed by atoms with Crippen molar-refractivity contribution in [2.75, 3.05) is 19.8 Å². The average molecular weight is 323 g/mol. The summed E-state index contributed by atoms with van der Waals surface area (Å²) in [6, 6.07) is 0. The van der Waals surface area contributed by atoms with Crippen molar-refractivity contribution in [3.63, 3.8) is 0 Å². The van der Waals surface area contributed by atoms with Crippen LogP contribution in [-0.4, -0.2) is 48.9 Å². The lowest BCUT2D eigenvalue weighted by molar-refractivity contribution is -0.325. The predicted molar refractivity (Wildman–Crippen MR) is 62.7 cm³/mol. The number of ether oxygens (including phenoxy) is 1. The van der Waals surface area contributed by atoms with E-state index in [0.717, 1.165) is 0 Å². The van der Waals surface area contributed by atoms with Gasteiger partial charge in [0, 0.05) is 0 Å². The van der Waals surface area contributed by atoms with E-state index in [4.69, 9.17) is 0 Å². The Labute approximate surface area is 118 Å². The molecule has 0 aliphatic heterocycles. The molecule has 1 saturated carbocycles. The van der Waals surface area contributed by atoms with E-state index in [0.29, 0.717) is 25.8 Å². The standard InChI is InChI=1S/C12H19F6NO2/c1-2-5-19-10(6-20,8-3-4-8)7-21-9(11(13,14)15)12(16,17)18/h8-9,19-20H,2-7H2,1H3. The summed E-state index contributed by atoms with van der Waals surface area (Å²) < 4.78 is 78.8. The van der Waals surface area contributed by atoms with Gasteiger partial charge in [-0.05, 0) is 31.7 Å². The highest BCUT2D eigenvalue weighted by Gasteiger charge is 2.59. The second-order valence-corrected chi connectivity index (χ2v) is 5.29. The molecular formula is C12H19F6NO2. The van der Waals surface area contributed by atoms with Crippen LogP contribution in [0.4, 0.5) is 26.3 Å². The topological polar surface area (TPSA) is 41.5 Å². The minimum Gasteiger partial charge on any atom is -0.394 e. The number of halogens is 6. The van der Waals surface area contributed by atoms with E-state index in [9.17, 15) is 31.4 Å². The molecule has 1 unspecified atom stereocenters. The van der Waals surface area contributed by atoms with Gasteiger partial charge in [0.25, 0.3) is 0 Å². The fourth-order valence-corrected chi connectivity index (χ4v) is 2.16. The van der Waals surface area contributed by atoms with Crippen molar-refractivity contribution in [3.8, 4) is 0 Å². The second kappa shape index (κ2) is 6.70. The third-order valence-corrected chi connectivity index (χ3v) is 3.47. The Kier molecular flexibility index (Phi) is 5.91. The number of hydrogen-bond donors (Lipinski definition) is 2. The van der Waals surface area contributed by atoms with E-state index in [1.54, 1.807) is 6.92 Å². The fourth-order valence-electron chi connectivity index (χ4n) is 2.16. The molecule has 0 aromatic heterocycles. The van der Waals surface area contributed by atoms with E-state index in [1.165, 1.54) is 0 Å². The smallest absolute Gasteiger partial charge is 0.394 e. The Bertz CT molecular complexity index is 315. The Morgan fingerprint density at radius 2 is 1.67 bits per heavy atom. The van der Waals surface area contributed by atoms with E-state index >= 15 is 0 Å². The SMILES string of the molecule is CCCNC(CO)(COC(C(F)(F)F)C(F)(F)F)C1CC1. The van der Waals surface area contributed by atoms with Gasteiger partial charge in [0.1, 0.15) is 0 Å². The maximum Gasteiger partial charge on any atom is 0.423 e. The van der Waals surface area contributed by atoms with Gasteiger partial charge in [-0.25, -0.2) is 0 Å². The molecule has 0 spiro atoms. The number of aliphatic hydroxyl groups excluding tert-OH is 1. The summed E-state index contributed by atoms with van der Waals surface area (Å²) in [5, 5.41) is 12.3. The van der Waals surface area contributed by atoms with Gasteiger partial charge in [-0.3, -0.25) is 0 Å². The summed E-state index contributed by atoms with van der Waals surface area (Å²) in [5.41, 5.74) is -1.25. The molecule has 21 heavy (non-hydrogen) atoms. The molecule has 0 saturated heterocycles. The molecule has 1 aliphatic carbocycles. The predicted octanol–water partition coefficient (Wildman–Crippen LogP) is 2.64. The van der Waals surface area contributed by atoms with E-state index in [1.807, 2.05) is 0 Å². The van der Waals surface area contributed by atoms with Gasteiger partial charge in [-0.1, -0.05) is 6.92 Å². The third kappa shape index (κ3) is 5.00. The molecule has 0 aromatic rings. The van der Waals surface area contributed by atoms with Crippen LogP contribution in [0.1, 0.15) is 26.2 Å².